The van der Waals surface area contributed by atoms with E-state index in [9.17, 15) is 50.9 Å². The monoisotopic (exact) mass is 913 g/mol. The summed E-state index contributed by atoms with van der Waals surface area (Å²) in [5.74, 6) is -2.86. The Hall–Kier alpha value is -8.25. The molecular formula is C43H31N9O11S2. The molecule has 0 radical (unpaired) electrons. The number of nitrogen functional groups attached to an aromatic ring is 2. The molecule has 0 saturated carbocycles. The lowest BCUT2D eigenvalue weighted by atomic mass is 9.82. The Kier molecular flexibility index (Phi) is 10.0. The van der Waals surface area contributed by atoms with E-state index in [0.717, 1.165) is 12.1 Å². The van der Waals surface area contributed by atoms with Crippen LogP contribution in [-0.2, 0) is 10.1 Å². The van der Waals surface area contributed by atoms with Crippen LogP contribution in [0.25, 0.3) is 0 Å². The summed E-state index contributed by atoms with van der Waals surface area (Å²) in [4.78, 5) is 65.6. The second-order valence-corrected chi connectivity index (χ2v) is 17.4. The van der Waals surface area contributed by atoms with Gasteiger partial charge >= 0.3 is 6.01 Å². The minimum Gasteiger partial charge on any atom is -0.479 e. The van der Waals surface area contributed by atoms with Gasteiger partial charge in [0, 0.05) is 45.0 Å². The van der Waals surface area contributed by atoms with Crippen molar-refractivity contribution in [2.75, 3.05) is 32.7 Å². The van der Waals surface area contributed by atoms with E-state index < -0.39 is 71.3 Å². The molecule has 1 aromatic heterocycles. The molecule has 326 valence electrons. The summed E-state index contributed by atoms with van der Waals surface area (Å²) in [5, 5.41) is 22.3. The Balaban J connectivity index is 0.988. The number of fused-ring (bicyclic) bond motifs is 4. The zero-order valence-electron chi connectivity index (χ0n) is 32.9. The molecule has 0 atom stereocenters. The van der Waals surface area contributed by atoms with Crippen LogP contribution in [0.2, 0.25) is 0 Å². The van der Waals surface area contributed by atoms with Crippen molar-refractivity contribution in [3.05, 3.63) is 154 Å². The van der Waals surface area contributed by atoms with E-state index in [0.29, 0.717) is 17.1 Å². The van der Waals surface area contributed by atoms with Crippen LogP contribution < -0.4 is 32.7 Å². The van der Waals surface area contributed by atoms with Crippen molar-refractivity contribution in [1.82, 2.24) is 15.0 Å². The molecule has 0 saturated heterocycles. The van der Waals surface area contributed by atoms with Crippen molar-refractivity contribution in [2.45, 2.75) is 9.79 Å². The Morgan fingerprint density at radius 1 is 0.446 bits per heavy atom. The van der Waals surface area contributed by atoms with Crippen molar-refractivity contribution in [3.8, 4) is 6.01 Å². The molecule has 6 aromatic carbocycles. The van der Waals surface area contributed by atoms with Crippen molar-refractivity contribution >= 4 is 102 Å². The summed E-state index contributed by atoms with van der Waals surface area (Å²) in [7, 11) is -9.44. The van der Waals surface area contributed by atoms with Gasteiger partial charge in [0.25, 0.3) is 10.1 Å². The quantitative estimate of drug-likeness (QED) is 0.0481. The SMILES string of the molecule is Nc1c(S(O)(O)O)cc(Nc2cccc(Nc3nc(O)nc(Nc4cccc(Nc5cc(S(=O)(=O)O)c(N)c6c5C(=O)c5ccccc5C6=O)c4)n3)c2)c2c1C(=O)c1ccccc1C2=O. The number of hydrogen-bond donors (Lipinski definition) is 11. The first-order valence-electron chi connectivity index (χ1n) is 18.9. The Morgan fingerprint density at radius 2 is 0.800 bits per heavy atom. The highest BCUT2D eigenvalue weighted by Gasteiger charge is 2.38. The number of benzene rings is 6. The molecule has 13 N–H and O–H groups in total. The molecule has 2 aliphatic carbocycles. The largest absolute Gasteiger partial charge is 0.479 e. The van der Waals surface area contributed by atoms with Crippen LogP contribution >= 0.6 is 10.9 Å². The first-order valence-corrected chi connectivity index (χ1v) is 21.8. The van der Waals surface area contributed by atoms with Gasteiger partial charge in [-0.25, -0.2) is 0 Å². The molecule has 1 heterocycles. The number of carbonyl (C=O) groups excluding carboxylic acids is 4. The third-order valence-corrected chi connectivity index (χ3v) is 12.2. The molecule has 0 bridgehead atoms. The number of anilines is 10. The number of nitrogens with zero attached hydrogens (tertiary/aromatic N) is 3. The Labute approximate surface area is 368 Å². The molecule has 0 aliphatic heterocycles. The first kappa shape index (κ1) is 42.1. The molecule has 20 nitrogen and oxygen atoms in total. The van der Waals surface area contributed by atoms with E-state index in [-0.39, 0.29) is 73.5 Å². The van der Waals surface area contributed by atoms with Gasteiger partial charge in [0.05, 0.1) is 49.9 Å². The van der Waals surface area contributed by atoms with Gasteiger partial charge in [-0.3, -0.25) is 23.7 Å². The highest BCUT2D eigenvalue weighted by atomic mass is 32.3. The van der Waals surface area contributed by atoms with Gasteiger partial charge in [-0.05, 0) is 48.5 Å². The molecule has 0 spiro atoms. The lowest BCUT2D eigenvalue weighted by molar-refractivity contribution is 0.0980. The maximum absolute atomic E-state index is 13.8. The van der Waals surface area contributed by atoms with Crippen LogP contribution in [0.3, 0.4) is 0 Å². The van der Waals surface area contributed by atoms with Crippen LogP contribution in [0.4, 0.5) is 57.4 Å². The fraction of sp³-hybridized carbons (Fsp3) is 0. The zero-order chi connectivity index (χ0) is 46.1. The lowest BCUT2D eigenvalue weighted by Gasteiger charge is -2.28. The molecule has 65 heavy (non-hydrogen) atoms. The summed E-state index contributed by atoms with van der Waals surface area (Å²) < 4.78 is 65.5. The van der Waals surface area contributed by atoms with Crippen molar-refractivity contribution in [3.63, 3.8) is 0 Å². The van der Waals surface area contributed by atoms with Crippen LogP contribution in [0, 0.1) is 0 Å². The van der Waals surface area contributed by atoms with Gasteiger partial charge in [0.2, 0.25) is 11.9 Å². The van der Waals surface area contributed by atoms with E-state index in [1.165, 1.54) is 42.5 Å². The van der Waals surface area contributed by atoms with Gasteiger partial charge in [-0.15, -0.1) is 0 Å². The summed E-state index contributed by atoms with van der Waals surface area (Å²) >= 11 is 0. The second kappa shape index (κ2) is 15.5. The number of hydrogen-bond acceptors (Lipinski definition) is 19. The number of rotatable bonds is 10. The van der Waals surface area contributed by atoms with Gasteiger partial charge in [0.1, 0.15) is 15.8 Å². The molecular weight excluding hydrogens is 883 g/mol. The lowest BCUT2D eigenvalue weighted by Crippen LogP contribution is -2.25. The molecule has 22 heteroatoms. The average Bonchev–Trinajstić information content (AvgIpc) is 3.25. The van der Waals surface area contributed by atoms with Crippen LogP contribution in [0.5, 0.6) is 6.01 Å². The Bertz CT molecular complexity index is 3380. The second-order valence-electron chi connectivity index (χ2n) is 14.5. The molecule has 0 fully saturated rings. The predicted molar refractivity (Wildman–Crippen MR) is 239 cm³/mol. The highest BCUT2D eigenvalue weighted by molar-refractivity contribution is 8.19. The molecule has 7 aromatic rings. The van der Waals surface area contributed by atoms with Crippen LogP contribution in [-0.4, -0.2) is 69.8 Å². The van der Waals surface area contributed by atoms with E-state index in [1.54, 1.807) is 54.6 Å². The fourth-order valence-corrected chi connectivity index (χ4v) is 8.94. The van der Waals surface area contributed by atoms with Gasteiger partial charge in [-0.1, -0.05) is 60.7 Å². The fourth-order valence-electron chi connectivity index (χ4n) is 7.62. The summed E-state index contributed by atoms with van der Waals surface area (Å²) in [6.07, 6.45) is 0. The van der Waals surface area contributed by atoms with E-state index >= 15 is 0 Å². The van der Waals surface area contributed by atoms with Gasteiger partial charge in [0.15, 0.2) is 23.1 Å². The number of carbonyl (C=O) groups is 4. The molecule has 0 amide bonds. The van der Waals surface area contributed by atoms with Gasteiger partial charge < -0.3 is 51.5 Å². The third-order valence-electron chi connectivity index (χ3n) is 10.4. The zero-order valence-corrected chi connectivity index (χ0v) is 34.5. The standard InChI is InChI=1S/C43H31N9O11S2/c44-35-29(64(58,59)60)17-27(31-33(35)39(55)25-13-3-1-11-23(25)37(31)53)46-19-7-5-9-21(15-19)48-41-50-42(52-43(57)51-41)49-22-10-6-8-20(16-22)47-28-18-30(65(61,62)63)36(45)34-32(28)38(54)24-12-2-4-14-26(24)40(34)56/h1-18,46-47,58-60H,44-45H2,(H,61,62,63)(H3,48,49,50,51,52,57). The summed E-state index contributed by atoms with van der Waals surface area (Å²) in [6, 6.07) is 25.9. The average molecular weight is 914 g/mol. The van der Waals surface area contributed by atoms with Crippen LogP contribution in [0.1, 0.15) is 63.7 Å². The maximum Gasteiger partial charge on any atom is 0.320 e. The highest BCUT2D eigenvalue weighted by Crippen LogP contribution is 2.52. The minimum absolute atomic E-state index is 0.0145. The number of ketones is 4. The van der Waals surface area contributed by atoms with Crippen molar-refractivity contribution in [1.29, 1.82) is 0 Å². The van der Waals surface area contributed by atoms with Crippen molar-refractivity contribution < 1.29 is 50.9 Å². The number of aromatic hydroxyl groups is 1. The third kappa shape index (κ3) is 7.58. The Morgan fingerprint density at radius 3 is 1.18 bits per heavy atom. The molecule has 2 aliphatic rings. The summed E-state index contributed by atoms with van der Waals surface area (Å²) in [6.45, 7) is 0. The van der Waals surface area contributed by atoms with E-state index in [2.05, 4.69) is 36.2 Å². The minimum atomic E-state index is -4.97. The number of nitrogens with one attached hydrogen (secondary N) is 4. The predicted octanol–water partition coefficient (Wildman–Crippen LogP) is 7.10. The topological polar surface area (TPSA) is 342 Å². The first-order chi connectivity index (χ1) is 30.9. The summed E-state index contributed by atoms with van der Waals surface area (Å²) in [5.41, 5.74) is 11.4. The van der Waals surface area contributed by atoms with E-state index in [4.69, 9.17) is 11.5 Å². The molecule has 9 rings (SSSR count). The maximum atomic E-state index is 13.8. The smallest absolute Gasteiger partial charge is 0.320 e. The van der Waals surface area contributed by atoms with Crippen LogP contribution in [0.15, 0.2) is 119 Å². The number of nitrogens with two attached hydrogens (primary N) is 2. The van der Waals surface area contributed by atoms with E-state index in [1.807, 2.05) is 0 Å². The molecule has 0 unspecified atom stereocenters. The normalized spacial score (nSPS) is 13.3. The van der Waals surface area contributed by atoms with Gasteiger partial charge in [-0.2, -0.15) is 23.4 Å². The number of aromatic nitrogens is 3. The van der Waals surface area contributed by atoms with Crippen molar-refractivity contribution in [2.24, 2.45) is 0 Å².